The van der Waals surface area contributed by atoms with Crippen molar-refractivity contribution in [3.8, 4) is 0 Å². The van der Waals surface area contributed by atoms with E-state index in [1.165, 1.54) is 37.7 Å². The van der Waals surface area contributed by atoms with Gasteiger partial charge in [-0.25, -0.2) is 4.39 Å². The van der Waals surface area contributed by atoms with Gasteiger partial charge >= 0.3 is 0 Å². The molecule has 0 aromatic rings. The predicted molar refractivity (Wildman–Crippen MR) is 110 cm³/mol. The van der Waals surface area contributed by atoms with Crippen LogP contribution in [0.1, 0.15) is 86.5 Å². The van der Waals surface area contributed by atoms with Crippen LogP contribution in [-0.4, -0.2) is 6.10 Å². The molecule has 0 N–H and O–H groups in total. The van der Waals surface area contributed by atoms with E-state index in [1.807, 2.05) is 0 Å². The number of halogens is 1. The Kier molecular flexibility index (Phi) is 9.80. The molecule has 2 atom stereocenters. The minimum absolute atomic E-state index is 0.0524. The molecule has 1 fully saturated rings. The van der Waals surface area contributed by atoms with Crippen molar-refractivity contribution in [1.29, 1.82) is 0 Å². The van der Waals surface area contributed by atoms with Gasteiger partial charge in [0.15, 0.2) is 0 Å². The van der Waals surface area contributed by atoms with E-state index in [-0.39, 0.29) is 5.83 Å². The Morgan fingerprint density at radius 1 is 1.24 bits per heavy atom. The molecule has 1 saturated carbocycles. The Balaban J connectivity index is 0.000000251. The molecule has 0 saturated heterocycles. The topological polar surface area (TPSA) is 9.23 Å². The molecule has 1 nitrogen and oxygen atoms in total. The van der Waals surface area contributed by atoms with Crippen molar-refractivity contribution in [3.63, 3.8) is 0 Å². The van der Waals surface area contributed by atoms with E-state index in [1.54, 1.807) is 12.2 Å². The van der Waals surface area contributed by atoms with Crippen molar-refractivity contribution >= 4 is 12.9 Å². The van der Waals surface area contributed by atoms with Gasteiger partial charge in [0.25, 0.3) is 0 Å². The summed E-state index contributed by atoms with van der Waals surface area (Å²) in [4.78, 5) is 0. The third-order valence-electron chi connectivity index (χ3n) is 5.57. The highest BCUT2D eigenvalue weighted by Crippen LogP contribution is 2.35. The minimum atomic E-state index is -0.0524. The third kappa shape index (κ3) is 8.77. The molecule has 3 heteroatoms. The normalized spacial score (nSPS) is 28.4. The lowest BCUT2D eigenvalue weighted by Crippen LogP contribution is -2.22. The zero-order valence-electron chi connectivity index (χ0n) is 17.1. The van der Waals surface area contributed by atoms with Gasteiger partial charge in [-0.2, -0.15) is 0 Å². The van der Waals surface area contributed by atoms with Crippen LogP contribution >= 0.6 is 12.9 Å². The van der Waals surface area contributed by atoms with Crippen LogP contribution in [0.15, 0.2) is 23.6 Å². The van der Waals surface area contributed by atoms with Crippen LogP contribution in [0.4, 0.5) is 4.39 Å². The lowest BCUT2D eigenvalue weighted by atomic mass is 9.77. The zero-order valence-corrected chi connectivity index (χ0v) is 18.0. The molecule has 0 spiro atoms. The molecule has 0 amide bonds. The second-order valence-corrected chi connectivity index (χ2v) is 9.40. The van der Waals surface area contributed by atoms with Crippen LogP contribution in [0, 0.1) is 23.2 Å². The number of hydrogen-bond acceptors (Lipinski definition) is 2. The molecule has 146 valence electrons. The number of thiol groups is 1. The number of rotatable bonds is 4. The first-order chi connectivity index (χ1) is 11.7. The molecule has 0 aromatic carbocycles. The van der Waals surface area contributed by atoms with E-state index < -0.39 is 0 Å². The highest BCUT2D eigenvalue weighted by Gasteiger charge is 2.25. The molecule has 2 aliphatic rings. The Labute approximate surface area is 161 Å². The number of allylic oxidation sites excluding steroid dienone is 4. The molecular weight excluding hydrogens is 331 g/mol. The fourth-order valence-electron chi connectivity index (χ4n) is 3.96. The van der Waals surface area contributed by atoms with Crippen molar-refractivity contribution in [2.24, 2.45) is 23.2 Å². The Morgan fingerprint density at radius 2 is 1.84 bits per heavy atom. The summed E-state index contributed by atoms with van der Waals surface area (Å²) in [5, 5.41) is 0. The van der Waals surface area contributed by atoms with E-state index in [4.69, 9.17) is 4.18 Å². The average Bonchev–Trinajstić information content (AvgIpc) is 2.56. The van der Waals surface area contributed by atoms with E-state index in [2.05, 4.69) is 54.5 Å². The van der Waals surface area contributed by atoms with Crippen LogP contribution in [0.3, 0.4) is 0 Å². The van der Waals surface area contributed by atoms with Gasteiger partial charge < -0.3 is 4.18 Å². The van der Waals surface area contributed by atoms with Gasteiger partial charge in [0, 0.05) is 0 Å². The Bertz CT molecular complexity index is 441. The summed E-state index contributed by atoms with van der Waals surface area (Å²) in [6, 6.07) is 0. The summed E-state index contributed by atoms with van der Waals surface area (Å²) in [5.74, 6) is 1.92. The van der Waals surface area contributed by atoms with Gasteiger partial charge in [-0.15, -0.1) is 0 Å². The number of hydrogen-bond donors (Lipinski definition) is 1. The zero-order chi connectivity index (χ0) is 19.0. The second kappa shape index (κ2) is 10.8. The van der Waals surface area contributed by atoms with Crippen LogP contribution in [-0.2, 0) is 4.18 Å². The maximum Gasteiger partial charge on any atom is 0.119 e. The van der Waals surface area contributed by atoms with Gasteiger partial charge in [0.1, 0.15) is 5.83 Å². The molecule has 0 aromatic heterocycles. The summed E-state index contributed by atoms with van der Waals surface area (Å²) in [5.41, 5.74) is 1.76. The van der Waals surface area contributed by atoms with Crippen molar-refractivity contribution in [1.82, 2.24) is 0 Å². The molecule has 0 aliphatic heterocycles. The monoisotopic (exact) mass is 370 g/mol. The van der Waals surface area contributed by atoms with Crippen LogP contribution < -0.4 is 0 Å². The lowest BCUT2D eigenvalue weighted by Gasteiger charge is -2.31. The van der Waals surface area contributed by atoms with Gasteiger partial charge in [0.05, 0.1) is 6.10 Å². The maximum absolute atomic E-state index is 12.9. The second-order valence-electron chi connectivity index (χ2n) is 9.19. The molecule has 25 heavy (non-hydrogen) atoms. The van der Waals surface area contributed by atoms with E-state index in [0.29, 0.717) is 23.4 Å². The van der Waals surface area contributed by atoms with Gasteiger partial charge in [-0.3, -0.25) is 0 Å². The van der Waals surface area contributed by atoms with Crippen molar-refractivity contribution in [2.75, 3.05) is 0 Å². The quantitative estimate of drug-likeness (QED) is 0.394. The third-order valence-corrected chi connectivity index (χ3v) is 5.86. The van der Waals surface area contributed by atoms with Crippen molar-refractivity contribution in [3.05, 3.63) is 23.6 Å². The summed E-state index contributed by atoms with van der Waals surface area (Å²) in [6.45, 7) is 13.5. The molecule has 2 rings (SSSR count). The summed E-state index contributed by atoms with van der Waals surface area (Å²) in [6.07, 6.45) is 12.2. The van der Waals surface area contributed by atoms with Gasteiger partial charge in [0.2, 0.25) is 0 Å². The lowest BCUT2D eigenvalue weighted by molar-refractivity contribution is 0.137. The first-order valence-corrected chi connectivity index (χ1v) is 10.4. The fourth-order valence-corrected chi connectivity index (χ4v) is 4.17. The van der Waals surface area contributed by atoms with E-state index in [9.17, 15) is 4.39 Å². The smallest absolute Gasteiger partial charge is 0.119 e. The van der Waals surface area contributed by atoms with Gasteiger partial charge in [-0.05, 0) is 93.2 Å². The highest BCUT2D eigenvalue weighted by atomic mass is 32.1. The first kappa shape index (κ1) is 22.8. The largest absolute Gasteiger partial charge is 0.315 e. The Hall–Kier alpha value is -0.280. The molecule has 2 unspecified atom stereocenters. The molecule has 0 radical (unpaired) electrons. The molecule has 2 aliphatic carbocycles. The van der Waals surface area contributed by atoms with Crippen molar-refractivity contribution < 1.29 is 8.57 Å². The van der Waals surface area contributed by atoms with E-state index >= 15 is 0 Å². The SMILES string of the molecule is CC(C)(C)CC1CCC(OS)CC1.CCC(C)C1=CC(F)=CCC1C. The highest BCUT2D eigenvalue weighted by molar-refractivity contribution is 7.75. The maximum atomic E-state index is 12.9. The van der Waals surface area contributed by atoms with Crippen LogP contribution in [0.2, 0.25) is 0 Å². The summed E-state index contributed by atoms with van der Waals surface area (Å²) >= 11 is 3.88. The van der Waals surface area contributed by atoms with Gasteiger partial charge in [-0.1, -0.05) is 47.1 Å². The van der Waals surface area contributed by atoms with E-state index in [0.717, 1.165) is 18.8 Å². The Morgan fingerprint density at radius 3 is 2.32 bits per heavy atom. The van der Waals surface area contributed by atoms with Crippen LogP contribution in [0.5, 0.6) is 0 Å². The minimum Gasteiger partial charge on any atom is -0.315 e. The fraction of sp³-hybridized carbons (Fsp3) is 0.818. The van der Waals surface area contributed by atoms with Crippen molar-refractivity contribution in [2.45, 2.75) is 92.6 Å². The standard InChI is InChI=1S/C11H17F.C11H22OS/c1-4-8(2)11-7-10(12)6-5-9(11)3;1-11(2,3)8-9-4-6-10(12-13)7-5-9/h6-9H,4-5H2,1-3H3;9-10,13H,4-8H2,1-3H3. The summed E-state index contributed by atoms with van der Waals surface area (Å²) < 4.78 is 18.0. The predicted octanol–water partition coefficient (Wildman–Crippen LogP) is 7.69. The molecular formula is C22H39FOS. The molecule has 0 heterocycles. The summed E-state index contributed by atoms with van der Waals surface area (Å²) in [7, 11) is 0. The molecule has 0 bridgehead atoms. The van der Waals surface area contributed by atoms with Crippen LogP contribution in [0.25, 0.3) is 0 Å². The first-order valence-electron chi connectivity index (χ1n) is 10.0. The average molecular weight is 371 g/mol.